The maximum absolute atomic E-state index is 0. The van der Waals surface area contributed by atoms with E-state index < -0.39 is 0 Å². The Kier molecular flexibility index (Phi) is 4650000. The zero-order chi connectivity index (χ0) is 0. The fraction of sp³-hybridized carbons (Fsp3) is 0. The summed E-state index contributed by atoms with van der Waals surface area (Å²) in [5.74, 6) is 0. The molecule has 0 aromatic heterocycles. The first kappa shape index (κ1) is 21400. The third kappa shape index (κ3) is 20200. The molecule has 0 N–H and O–H groups in total. The standard InChI is InChI=1S/89O.7Yb/q89*-2;7*+3. The smallest absolute Gasteiger partial charge is 2.00 e. The van der Waals surface area contributed by atoms with Crippen molar-refractivity contribution in [3.8, 4) is 0 Å². The van der Waals surface area contributed by atoms with Crippen LogP contribution in [0.15, 0.2) is 0 Å². The van der Waals surface area contributed by atoms with E-state index in [1.807, 2.05) is 0 Å². The van der Waals surface area contributed by atoms with Crippen LogP contribution in [0, 0.1) is 328 Å². The molecule has 0 aliphatic rings. The predicted molar refractivity (Wildman–Crippen MR) is 61.1 cm³/mol. The summed E-state index contributed by atoms with van der Waals surface area (Å²) in [4.78, 5) is 0. The van der Waals surface area contributed by atoms with Crippen molar-refractivity contribution in [3.63, 3.8) is 0 Å². The first-order chi connectivity index (χ1) is 0. The monoisotopic (exact) mass is 2640 g/mol. The zero-order valence-corrected chi connectivity index (χ0v) is 50.2. The Bertz CT molecular complexity index is 36.2. The molecule has 0 rings (SSSR count). The Balaban J connectivity index is 0. The van der Waals surface area contributed by atoms with E-state index >= 15 is 0 Å². The Hall–Kier alpha value is 7.08. The van der Waals surface area contributed by atoms with Crippen LogP contribution in [0.3, 0.4) is 0 Å². The van der Waals surface area contributed by atoms with Gasteiger partial charge in [-0.1, -0.05) is 0 Å². The van der Waals surface area contributed by atoms with E-state index in [1.165, 1.54) is 0 Å². The van der Waals surface area contributed by atoms with Gasteiger partial charge in [-0.25, -0.2) is 0 Å². The van der Waals surface area contributed by atoms with Crippen LogP contribution in [0.1, 0.15) is 0 Å². The second kappa shape index (κ2) is 20800. The molecule has 0 aromatic carbocycles. The van der Waals surface area contributed by atoms with Gasteiger partial charge in [-0.05, 0) is 0 Å². The van der Waals surface area contributed by atoms with Crippen molar-refractivity contribution in [2.75, 3.05) is 0 Å². The van der Waals surface area contributed by atoms with Crippen molar-refractivity contribution in [2.24, 2.45) is 0 Å². The van der Waals surface area contributed by atoms with Gasteiger partial charge < -0.3 is 487 Å². The van der Waals surface area contributed by atoms with E-state index in [-0.39, 0.29) is 816 Å². The van der Waals surface area contributed by atoms with Crippen LogP contribution in [0.5, 0.6) is 0 Å². The summed E-state index contributed by atoms with van der Waals surface area (Å²) < 4.78 is 0. The molecule has 0 saturated carbocycles. The molecule has 89 nitrogen and oxygen atoms in total. The van der Waals surface area contributed by atoms with Gasteiger partial charge in [0, 0.05) is 0 Å². The fourth-order valence-corrected chi connectivity index (χ4v) is 0. The maximum Gasteiger partial charge on any atom is 3.00 e. The Morgan fingerprint density at radius 3 is 0.0208 bits per heavy atom. The van der Waals surface area contributed by atoms with Gasteiger partial charge >= 0.3 is 328 Å². The SMILES string of the molecule is [O-2].[O-2].[O-2].[O-2].[O-2].[O-2].[O-2].[O-2].[O-2].[O-2].[O-2].[O-2].[O-2].[O-2].[O-2].[O-2].[O-2].[O-2].[O-2].[O-2].[O-2].[O-2].[O-2].[O-2].[O-2].[O-2].[O-2].[O-2].[O-2].[O-2].[O-2].[O-2].[O-2].[O-2].[O-2].[O-2].[O-2].[O-2].[O-2].[O-2].[O-2].[O-2].[O-2].[O-2].[O-2].[O-2].[O-2].[O-2].[O-2].[O-2].[O-2].[O-2].[O-2].[O-2].[O-2].[O-2].[O-2].[O-2].[O-2].[O-2].[O-2].[O-2].[O-2].[O-2].[O-2].[O-2].[O-2].[O-2].[O-2].[O-2].[O-2].[O-2].[O-2].[O-2].[O-2].[O-2].[O-2].[O-2].[O-2].[O-2].[O-2].[O-2].[O-2].[O-2].[O-2].[O-2].[O-2].[O-2].[O-2].[Yb+3].[Yb+3].[Yb+3].[Yb+3].[Yb+3].[Yb+3].[Yb+3]. The van der Waals surface area contributed by atoms with Crippen LogP contribution in [0.25, 0.3) is 0 Å². The molecule has 7 radical (unpaired) electrons. The summed E-state index contributed by atoms with van der Waals surface area (Å²) in [6, 6.07) is 0. The Morgan fingerprint density at radius 2 is 0.0208 bits per heavy atom. The van der Waals surface area contributed by atoms with Crippen molar-refractivity contribution in [1.29, 1.82) is 0 Å². The van der Waals surface area contributed by atoms with E-state index in [0.29, 0.717) is 0 Å². The van der Waals surface area contributed by atoms with Gasteiger partial charge in [-0.3, -0.25) is 0 Å². The quantitative estimate of drug-likeness (QED) is 0.218. The van der Waals surface area contributed by atoms with Gasteiger partial charge in [-0.2, -0.15) is 0 Å². The predicted octanol–water partition coefficient (Wildman–Crippen LogP) is -10.6. The van der Waals surface area contributed by atoms with Gasteiger partial charge in [0.05, 0.1) is 0 Å². The average molecular weight is 2640 g/mol. The van der Waals surface area contributed by atoms with Crippen molar-refractivity contribution < 1.29 is 816 Å². The summed E-state index contributed by atoms with van der Waals surface area (Å²) in [6.07, 6.45) is 0. The molecule has 0 heterocycles. The molecule has 0 fully saturated rings. The second-order valence-electron chi connectivity index (χ2n) is 0. The maximum atomic E-state index is 0. The summed E-state index contributed by atoms with van der Waals surface area (Å²) in [7, 11) is 0. The van der Waals surface area contributed by atoms with Crippen LogP contribution in [0.4, 0.5) is 0 Å². The summed E-state index contributed by atoms with van der Waals surface area (Å²) >= 11 is 0. The van der Waals surface area contributed by atoms with Crippen LogP contribution in [0.2, 0.25) is 0 Å². The van der Waals surface area contributed by atoms with Crippen LogP contribution >= 0.6 is 0 Å². The van der Waals surface area contributed by atoms with E-state index in [2.05, 4.69) is 0 Å². The molecular weight excluding hydrogens is 2640 g/mol. The topological polar surface area (TPSA) is 2540 Å². The van der Waals surface area contributed by atoms with E-state index in [4.69, 9.17) is 0 Å². The van der Waals surface area contributed by atoms with E-state index in [0.717, 1.165) is 0 Å². The van der Waals surface area contributed by atoms with Crippen molar-refractivity contribution in [2.45, 2.75) is 0 Å². The first-order valence-electron chi connectivity index (χ1n) is 0. The molecule has 96 heteroatoms. The molecule has 0 aliphatic heterocycles. The van der Waals surface area contributed by atoms with Gasteiger partial charge in [0.15, 0.2) is 0 Å². The molecule has 0 unspecified atom stereocenters. The largest absolute Gasteiger partial charge is 3.00 e. The van der Waals surface area contributed by atoms with Crippen molar-refractivity contribution in [1.82, 2.24) is 0 Å². The molecule has 0 amide bonds. The molecule has 0 spiro atoms. The van der Waals surface area contributed by atoms with Gasteiger partial charge in [0.25, 0.3) is 0 Å². The molecule has 0 atom stereocenters. The number of hydrogen-bond donors (Lipinski definition) is 0. The Labute approximate surface area is 802 Å². The van der Waals surface area contributed by atoms with Crippen LogP contribution in [-0.2, 0) is 487 Å². The van der Waals surface area contributed by atoms with Crippen molar-refractivity contribution in [3.05, 3.63) is 0 Å². The number of hydrogen-bond acceptors (Lipinski definition) is 0. The van der Waals surface area contributed by atoms with Crippen LogP contribution < -0.4 is 0 Å². The minimum absolute atomic E-state index is 0. The molecule has 0 aliphatic carbocycles. The van der Waals surface area contributed by atoms with Gasteiger partial charge in [0.1, 0.15) is 0 Å². The third-order valence-electron chi connectivity index (χ3n) is 0. The van der Waals surface area contributed by atoms with Gasteiger partial charge in [-0.15, -0.1) is 0 Å². The summed E-state index contributed by atoms with van der Waals surface area (Å²) in [5, 5.41) is 0. The van der Waals surface area contributed by atoms with Crippen LogP contribution in [-0.4, -0.2) is 0 Å². The minimum Gasteiger partial charge on any atom is -2.00 e. The molecular formula is O89Yb7-157. The number of rotatable bonds is 0. The molecule has 0 saturated heterocycles. The zero-order valence-electron chi connectivity index (χ0n) is 38.2. The molecule has 0 aromatic rings. The molecule has 96 heavy (non-hydrogen) atoms. The second-order valence-corrected chi connectivity index (χ2v) is 0. The van der Waals surface area contributed by atoms with Gasteiger partial charge in [0.2, 0.25) is 0 Å². The van der Waals surface area contributed by atoms with Crippen molar-refractivity contribution >= 4 is 0 Å². The fourth-order valence-electron chi connectivity index (χ4n) is 0. The average Bonchev–Trinajstić information content (AvgIpc) is 0. The van der Waals surface area contributed by atoms with E-state index in [9.17, 15) is 0 Å². The molecule has 789 valence electrons. The minimum atomic E-state index is 0. The first-order valence-corrected chi connectivity index (χ1v) is 0. The summed E-state index contributed by atoms with van der Waals surface area (Å²) in [6.45, 7) is 0. The molecule has 0 bridgehead atoms. The summed E-state index contributed by atoms with van der Waals surface area (Å²) in [5.41, 5.74) is 0. The van der Waals surface area contributed by atoms with E-state index in [1.54, 1.807) is 0 Å². The Morgan fingerprint density at radius 1 is 0.0208 bits per heavy atom. The normalized spacial score (nSPS) is 0. The third-order valence-corrected chi connectivity index (χ3v) is 0.